The summed E-state index contributed by atoms with van der Waals surface area (Å²) < 4.78 is 26.7. The molecule has 1 aromatic carbocycles. The lowest BCUT2D eigenvalue weighted by molar-refractivity contribution is -0.116. The Bertz CT molecular complexity index is 534. The van der Waals surface area contributed by atoms with E-state index in [9.17, 15) is 13.6 Å². The first kappa shape index (κ1) is 10.2. The summed E-state index contributed by atoms with van der Waals surface area (Å²) in [6.07, 6.45) is 1.36. The third-order valence-electron chi connectivity index (χ3n) is 2.08. The Morgan fingerprint density at radius 2 is 2.12 bits per heavy atom. The van der Waals surface area contributed by atoms with Crippen LogP contribution in [0.25, 0.3) is 0 Å². The number of carbonyl (C=O) groups excluding carboxylic acids is 1. The number of hydrogen-bond donors (Lipinski definition) is 0. The molecule has 1 amide bonds. The standard InChI is InChI=1S/C10H5F2N3O/c11-7-4-9(8(12)3-6(7)5-13)15-10(16)1-2-14-15/h2-4H,1H2. The highest BCUT2D eigenvalue weighted by molar-refractivity contribution is 6.05. The normalized spacial score (nSPS) is 14.3. The molecule has 0 fully saturated rings. The molecule has 80 valence electrons. The Morgan fingerprint density at radius 1 is 1.38 bits per heavy atom. The van der Waals surface area contributed by atoms with Crippen LogP contribution in [0.4, 0.5) is 14.5 Å². The molecule has 0 N–H and O–H groups in total. The van der Waals surface area contributed by atoms with Crippen LogP contribution in [-0.2, 0) is 4.79 Å². The number of halogens is 2. The summed E-state index contributed by atoms with van der Waals surface area (Å²) in [6, 6.07) is 3.04. The molecule has 2 rings (SSSR count). The number of amides is 1. The second kappa shape index (κ2) is 3.70. The van der Waals surface area contributed by atoms with E-state index in [0.717, 1.165) is 17.1 Å². The van der Waals surface area contributed by atoms with Gasteiger partial charge >= 0.3 is 0 Å². The first-order chi connectivity index (χ1) is 7.63. The van der Waals surface area contributed by atoms with E-state index in [2.05, 4.69) is 5.10 Å². The Kier molecular flexibility index (Phi) is 2.37. The van der Waals surface area contributed by atoms with E-state index in [1.54, 1.807) is 0 Å². The van der Waals surface area contributed by atoms with Gasteiger partial charge in [-0.15, -0.1) is 0 Å². The number of anilines is 1. The van der Waals surface area contributed by atoms with Crippen molar-refractivity contribution in [3.63, 3.8) is 0 Å². The molecule has 0 unspecified atom stereocenters. The third kappa shape index (κ3) is 1.52. The maximum absolute atomic E-state index is 13.5. The molecule has 1 heterocycles. The van der Waals surface area contributed by atoms with Crippen LogP contribution in [0.15, 0.2) is 17.2 Å². The summed E-state index contributed by atoms with van der Waals surface area (Å²) in [5, 5.41) is 12.9. The van der Waals surface area contributed by atoms with Gasteiger partial charge in [-0.2, -0.15) is 15.4 Å². The van der Waals surface area contributed by atoms with Crippen molar-refractivity contribution in [3.05, 3.63) is 29.3 Å². The zero-order valence-corrected chi connectivity index (χ0v) is 7.94. The van der Waals surface area contributed by atoms with Crippen LogP contribution in [-0.4, -0.2) is 12.1 Å². The predicted octanol–water partition coefficient (Wildman–Crippen LogP) is 1.56. The van der Waals surface area contributed by atoms with Gasteiger partial charge in [0.2, 0.25) is 0 Å². The number of rotatable bonds is 1. The van der Waals surface area contributed by atoms with E-state index in [1.165, 1.54) is 12.3 Å². The second-order valence-corrected chi connectivity index (χ2v) is 3.10. The topological polar surface area (TPSA) is 56.5 Å². The van der Waals surface area contributed by atoms with Gasteiger partial charge in [-0.05, 0) is 6.07 Å². The first-order valence-corrected chi connectivity index (χ1v) is 4.38. The monoisotopic (exact) mass is 221 g/mol. The zero-order valence-electron chi connectivity index (χ0n) is 7.94. The van der Waals surface area contributed by atoms with Crippen molar-refractivity contribution in [2.45, 2.75) is 6.42 Å². The average molecular weight is 221 g/mol. The third-order valence-corrected chi connectivity index (χ3v) is 2.08. The van der Waals surface area contributed by atoms with E-state index in [1.807, 2.05) is 0 Å². The van der Waals surface area contributed by atoms with Gasteiger partial charge in [0.1, 0.15) is 17.6 Å². The van der Waals surface area contributed by atoms with Crippen LogP contribution in [0.5, 0.6) is 0 Å². The maximum atomic E-state index is 13.5. The van der Waals surface area contributed by atoms with Gasteiger partial charge in [-0.1, -0.05) is 0 Å². The lowest BCUT2D eigenvalue weighted by Crippen LogP contribution is -2.21. The molecule has 16 heavy (non-hydrogen) atoms. The first-order valence-electron chi connectivity index (χ1n) is 4.38. The van der Waals surface area contributed by atoms with E-state index >= 15 is 0 Å². The second-order valence-electron chi connectivity index (χ2n) is 3.10. The van der Waals surface area contributed by atoms with Crippen LogP contribution >= 0.6 is 0 Å². The molecule has 4 nitrogen and oxygen atoms in total. The van der Waals surface area contributed by atoms with Crippen molar-refractivity contribution in [2.75, 3.05) is 5.01 Å². The Hall–Kier alpha value is -2.29. The molecular weight excluding hydrogens is 216 g/mol. The highest BCUT2D eigenvalue weighted by atomic mass is 19.1. The fourth-order valence-electron chi connectivity index (χ4n) is 1.33. The summed E-state index contributed by atoms with van der Waals surface area (Å²) in [7, 11) is 0. The van der Waals surface area contributed by atoms with Crippen LogP contribution in [0.2, 0.25) is 0 Å². The highest BCUT2D eigenvalue weighted by Crippen LogP contribution is 2.25. The zero-order chi connectivity index (χ0) is 11.7. The predicted molar refractivity (Wildman–Crippen MR) is 51.7 cm³/mol. The largest absolute Gasteiger partial charge is 0.272 e. The smallest absolute Gasteiger partial charge is 0.252 e. The van der Waals surface area contributed by atoms with Gasteiger partial charge in [0.15, 0.2) is 5.82 Å². The minimum absolute atomic E-state index is 0.0566. The molecule has 6 heteroatoms. The van der Waals surface area contributed by atoms with Crippen molar-refractivity contribution < 1.29 is 13.6 Å². The van der Waals surface area contributed by atoms with Crippen molar-refractivity contribution in [1.82, 2.24) is 0 Å². The van der Waals surface area contributed by atoms with E-state index < -0.39 is 23.1 Å². The molecular formula is C10H5F2N3O. The number of hydrazone groups is 1. The molecule has 0 spiro atoms. The van der Waals surface area contributed by atoms with Crippen LogP contribution in [0.3, 0.4) is 0 Å². The van der Waals surface area contributed by atoms with Gasteiger partial charge in [-0.25, -0.2) is 8.78 Å². The molecule has 0 saturated carbocycles. The number of nitriles is 1. The molecule has 0 atom stereocenters. The molecule has 0 radical (unpaired) electrons. The minimum Gasteiger partial charge on any atom is -0.272 e. The molecule has 0 bridgehead atoms. The van der Waals surface area contributed by atoms with Gasteiger partial charge in [0, 0.05) is 12.3 Å². The summed E-state index contributed by atoms with van der Waals surface area (Å²) in [5.41, 5.74) is -0.688. The van der Waals surface area contributed by atoms with Crippen molar-refractivity contribution in [1.29, 1.82) is 5.26 Å². The number of nitrogens with zero attached hydrogens (tertiary/aromatic N) is 3. The number of benzene rings is 1. The van der Waals surface area contributed by atoms with Crippen molar-refractivity contribution in [3.8, 4) is 6.07 Å². The Labute approximate surface area is 89.4 Å². The Balaban J connectivity index is 2.51. The molecule has 1 aromatic rings. The molecule has 0 aliphatic carbocycles. The van der Waals surface area contributed by atoms with Gasteiger partial charge in [-0.3, -0.25) is 4.79 Å². The van der Waals surface area contributed by atoms with Gasteiger partial charge in [0.05, 0.1) is 12.0 Å². The fourth-order valence-corrected chi connectivity index (χ4v) is 1.33. The lowest BCUT2D eigenvalue weighted by atomic mass is 10.2. The summed E-state index contributed by atoms with van der Waals surface area (Å²) >= 11 is 0. The van der Waals surface area contributed by atoms with Crippen LogP contribution < -0.4 is 5.01 Å². The lowest BCUT2D eigenvalue weighted by Gasteiger charge is -2.12. The quantitative estimate of drug-likeness (QED) is 0.722. The summed E-state index contributed by atoms with van der Waals surface area (Å²) in [4.78, 5) is 11.2. The number of hydrogen-bond acceptors (Lipinski definition) is 3. The van der Waals surface area contributed by atoms with E-state index in [0.29, 0.717) is 0 Å². The van der Waals surface area contributed by atoms with E-state index in [4.69, 9.17) is 5.26 Å². The van der Waals surface area contributed by atoms with E-state index in [-0.39, 0.29) is 12.1 Å². The average Bonchev–Trinajstić information content (AvgIpc) is 2.67. The molecule has 1 aliphatic rings. The fraction of sp³-hybridized carbons (Fsp3) is 0.100. The highest BCUT2D eigenvalue weighted by Gasteiger charge is 2.23. The van der Waals surface area contributed by atoms with Gasteiger partial charge in [0.25, 0.3) is 5.91 Å². The minimum atomic E-state index is -0.881. The van der Waals surface area contributed by atoms with Gasteiger partial charge < -0.3 is 0 Å². The molecule has 0 saturated heterocycles. The maximum Gasteiger partial charge on any atom is 0.252 e. The van der Waals surface area contributed by atoms with Crippen molar-refractivity contribution >= 4 is 17.8 Å². The molecule has 1 aliphatic heterocycles. The molecule has 0 aromatic heterocycles. The SMILES string of the molecule is N#Cc1cc(F)c(N2N=CCC2=O)cc1F. The summed E-state index contributed by atoms with van der Waals surface area (Å²) in [6.45, 7) is 0. The van der Waals surface area contributed by atoms with Crippen molar-refractivity contribution in [2.24, 2.45) is 5.10 Å². The van der Waals surface area contributed by atoms with Crippen LogP contribution in [0.1, 0.15) is 12.0 Å². The Morgan fingerprint density at radius 3 is 2.69 bits per heavy atom. The van der Waals surface area contributed by atoms with Crippen LogP contribution in [0, 0.1) is 23.0 Å². The summed E-state index contributed by atoms with van der Waals surface area (Å²) in [5.74, 6) is -2.18. The number of carbonyl (C=O) groups is 1.